The van der Waals surface area contributed by atoms with Gasteiger partial charge in [-0.15, -0.1) is 0 Å². The van der Waals surface area contributed by atoms with Gasteiger partial charge in [-0.05, 0) is 12.1 Å². The van der Waals surface area contributed by atoms with Crippen LogP contribution in [0.15, 0.2) is 12.1 Å². The zero-order chi connectivity index (χ0) is 18.5. The molecule has 0 aliphatic carbocycles. The number of quaternary nitrogens is 3. The Balaban J connectivity index is 1.57. The van der Waals surface area contributed by atoms with Gasteiger partial charge in [-0.3, -0.25) is 0 Å². The fourth-order valence-corrected chi connectivity index (χ4v) is 4.54. The Morgan fingerprint density at radius 1 is 0.846 bits per heavy atom. The normalized spacial score (nSPS) is 29.2. The molecule has 0 bridgehead atoms. The minimum absolute atomic E-state index is 0.674. The van der Waals surface area contributed by atoms with E-state index in [-0.39, 0.29) is 0 Å². The summed E-state index contributed by atoms with van der Waals surface area (Å²) in [7, 11) is 7.33. The molecule has 1 aromatic carbocycles. The summed E-state index contributed by atoms with van der Waals surface area (Å²) in [5.74, 6) is 2.18. The molecule has 6 heteroatoms. The van der Waals surface area contributed by atoms with E-state index in [1.807, 2.05) is 4.90 Å². The summed E-state index contributed by atoms with van der Waals surface area (Å²) in [5, 5.41) is 0. The van der Waals surface area contributed by atoms with Crippen molar-refractivity contribution in [1.82, 2.24) is 0 Å². The number of piperazine rings is 1. The monoisotopic (exact) mass is 366 g/mol. The zero-order valence-electron chi connectivity index (χ0n) is 16.8. The molecule has 0 atom stereocenters. The molecule has 2 aliphatic rings. The highest BCUT2D eigenvalue weighted by Crippen LogP contribution is 2.37. The summed E-state index contributed by atoms with van der Waals surface area (Å²) in [4.78, 5) is 5.20. The van der Waals surface area contributed by atoms with Crippen molar-refractivity contribution in [2.75, 3.05) is 67.6 Å². The Labute approximate surface area is 157 Å². The summed E-state index contributed by atoms with van der Waals surface area (Å²) >= 11 is 0. The second-order valence-corrected chi connectivity index (χ2v) is 7.85. The molecule has 3 N–H and O–H groups in total. The smallest absolute Gasteiger partial charge is 0.203 e. The number of likely N-dealkylation sites (N-methyl/N-ethyl adjacent to an activating group) is 1. The first-order valence-electron chi connectivity index (χ1n) is 9.93. The lowest BCUT2D eigenvalue weighted by molar-refractivity contribution is -1.02. The van der Waals surface area contributed by atoms with Gasteiger partial charge in [-0.2, -0.15) is 0 Å². The van der Waals surface area contributed by atoms with Gasteiger partial charge < -0.3 is 28.9 Å². The minimum Gasteiger partial charge on any atom is -0.493 e. The topological polar surface area (TPSA) is 41.0 Å². The summed E-state index contributed by atoms with van der Waals surface area (Å²) in [5.41, 5.74) is 1.25. The lowest BCUT2D eigenvalue weighted by Gasteiger charge is -2.37. The predicted molar refractivity (Wildman–Crippen MR) is 101 cm³/mol. The van der Waals surface area contributed by atoms with Crippen LogP contribution >= 0.6 is 0 Å². The first-order valence-corrected chi connectivity index (χ1v) is 9.93. The number of piperidine rings is 1. The quantitative estimate of drug-likeness (QED) is 0.529. The molecule has 2 aliphatic heterocycles. The van der Waals surface area contributed by atoms with Crippen molar-refractivity contribution in [3.8, 4) is 17.2 Å². The molecule has 0 radical (unpaired) electrons. The molecule has 146 valence electrons. The first-order chi connectivity index (χ1) is 12.6. The molecule has 0 amide bonds. The van der Waals surface area contributed by atoms with Crippen LogP contribution in [0, 0.1) is 0 Å². The third kappa shape index (κ3) is 4.42. The molecule has 0 unspecified atom stereocenters. The maximum absolute atomic E-state index is 5.49. The highest BCUT2D eigenvalue weighted by Gasteiger charge is 2.32. The average molecular weight is 367 g/mol. The zero-order valence-corrected chi connectivity index (χ0v) is 16.8. The van der Waals surface area contributed by atoms with Crippen LogP contribution in [0.4, 0.5) is 0 Å². The van der Waals surface area contributed by atoms with Crippen molar-refractivity contribution in [3.63, 3.8) is 0 Å². The number of likely N-dealkylation sites (tertiary alicyclic amines) is 1. The van der Waals surface area contributed by atoms with E-state index in [4.69, 9.17) is 14.2 Å². The van der Waals surface area contributed by atoms with Gasteiger partial charge in [-0.25, -0.2) is 0 Å². The largest absolute Gasteiger partial charge is 0.493 e. The molecule has 0 spiro atoms. The number of nitrogens with one attached hydrogen (secondary N) is 3. The Bertz CT molecular complexity index is 555. The molecule has 1 aromatic rings. The van der Waals surface area contributed by atoms with Gasteiger partial charge >= 0.3 is 0 Å². The van der Waals surface area contributed by atoms with E-state index in [1.54, 1.807) is 31.1 Å². The van der Waals surface area contributed by atoms with Gasteiger partial charge in [0.25, 0.3) is 0 Å². The molecule has 2 heterocycles. The second-order valence-electron chi connectivity index (χ2n) is 7.85. The van der Waals surface area contributed by atoms with Gasteiger partial charge in [-0.1, -0.05) is 0 Å². The maximum Gasteiger partial charge on any atom is 0.203 e. The lowest BCUT2D eigenvalue weighted by atomic mass is 10.0. The maximum atomic E-state index is 5.49. The van der Waals surface area contributed by atoms with Gasteiger partial charge in [0.05, 0.1) is 47.5 Å². The standard InChI is InChI=1S/C20H33N3O3/c1-21-9-11-23(12-10-21)17-5-7-22(8-6-17)15-16-13-18(24-2)20(26-4)19(14-16)25-3/h13-14,17H,5-12,15H2,1-4H3/p+3. The van der Waals surface area contributed by atoms with Crippen molar-refractivity contribution < 1.29 is 28.9 Å². The minimum atomic E-state index is 0.674. The molecular weight excluding hydrogens is 330 g/mol. The third-order valence-corrected chi connectivity index (χ3v) is 6.19. The van der Waals surface area contributed by atoms with E-state index in [0.717, 1.165) is 24.1 Å². The number of hydrogen-bond acceptors (Lipinski definition) is 3. The Morgan fingerprint density at radius 3 is 1.92 bits per heavy atom. The average Bonchev–Trinajstić information content (AvgIpc) is 2.68. The highest BCUT2D eigenvalue weighted by molar-refractivity contribution is 5.53. The van der Waals surface area contributed by atoms with Crippen molar-refractivity contribution in [2.45, 2.75) is 25.4 Å². The molecule has 2 saturated heterocycles. The van der Waals surface area contributed by atoms with E-state index in [0.29, 0.717) is 5.75 Å². The predicted octanol–water partition coefficient (Wildman–Crippen LogP) is -2.33. The molecule has 0 aromatic heterocycles. The number of ether oxygens (including phenoxy) is 3. The Hall–Kier alpha value is -1.50. The van der Waals surface area contributed by atoms with Crippen LogP contribution in [0.1, 0.15) is 18.4 Å². The number of hydrogen-bond donors (Lipinski definition) is 3. The number of methoxy groups -OCH3 is 3. The van der Waals surface area contributed by atoms with E-state index in [1.165, 1.54) is 57.7 Å². The summed E-state index contributed by atoms with van der Waals surface area (Å²) in [6.07, 6.45) is 2.68. The SMILES string of the molecule is COc1cc(C[NH+]2CCC([NH+]3CC[NH+](C)CC3)CC2)cc(OC)c1OC. The highest BCUT2D eigenvalue weighted by atomic mass is 16.5. The summed E-state index contributed by atoms with van der Waals surface area (Å²) in [6, 6.07) is 5.05. The first kappa shape index (κ1) is 19.3. The number of rotatable bonds is 6. The molecular formula is C20H36N3O3+3. The van der Waals surface area contributed by atoms with E-state index >= 15 is 0 Å². The van der Waals surface area contributed by atoms with Crippen LogP contribution in [-0.4, -0.2) is 73.7 Å². The Morgan fingerprint density at radius 2 is 1.42 bits per heavy atom. The van der Waals surface area contributed by atoms with Crippen LogP contribution in [0.5, 0.6) is 17.2 Å². The second kappa shape index (κ2) is 8.93. The van der Waals surface area contributed by atoms with Crippen LogP contribution in [0.2, 0.25) is 0 Å². The van der Waals surface area contributed by atoms with Crippen LogP contribution in [-0.2, 0) is 6.54 Å². The van der Waals surface area contributed by atoms with Gasteiger partial charge in [0.15, 0.2) is 11.5 Å². The van der Waals surface area contributed by atoms with Crippen LogP contribution in [0.3, 0.4) is 0 Å². The molecule has 26 heavy (non-hydrogen) atoms. The number of benzene rings is 1. The van der Waals surface area contributed by atoms with E-state index in [2.05, 4.69) is 19.2 Å². The van der Waals surface area contributed by atoms with Gasteiger partial charge in [0, 0.05) is 18.4 Å². The van der Waals surface area contributed by atoms with Crippen LogP contribution < -0.4 is 28.9 Å². The third-order valence-electron chi connectivity index (χ3n) is 6.19. The molecule has 6 nitrogen and oxygen atoms in total. The Kier molecular flexibility index (Phi) is 6.62. The van der Waals surface area contributed by atoms with Crippen molar-refractivity contribution >= 4 is 0 Å². The van der Waals surface area contributed by atoms with Crippen molar-refractivity contribution in [3.05, 3.63) is 17.7 Å². The summed E-state index contributed by atoms with van der Waals surface area (Å²) in [6.45, 7) is 8.88. The van der Waals surface area contributed by atoms with Crippen molar-refractivity contribution in [1.29, 1.82) is 0 Å². The van der Waals surface area contributed by atoms with Gasteiger partial charge in [0.1, 0.15) is 32.7 Å². The fraction of sp³-hybridized carbons (Fsp3) is 0.700. The molecule has 0 saturated carbocycles. The summed E-state index contributed by atoms with van der Waals surface area (Å²) < 4.78 is 16.4. The lowest BCUT2D eigenvalue weighted by Crippen LogP contribution is -3.29. The van der Waals surface area contributed by atoms with Crippen molar-refractivity contribution in [2.24, 2.45) is 0 Å². The van der Waals surface area contributed by atoms with Gasteiger partial charge in [0.2, 0.25) is 5.75 Å². The fourth-order valence-electron chi connectivity index (χ4n) is 4.54. The molecule has 3 rings (SSSR count). The molecule has 2 fully saturated rings. The van der Waals surface area contributed by atoms with Crippen LogP contribution in [0.25, 0.3) is 0 Å². The van der Waals surface area contributed by atoms with E-state index in [9.17, 15) is 0 Å². The van der Waals surface area contributed by atoms with E-state index < -0.39 is 0 Å².